The smallest absolute Gasteiger partial charge is 0.319 e. The van der Waals surface area contributed by atoms with Gasteiger partial charge in [0, 0.05) is 23.8 Å². The fourth-order valence-electron chi connectivity index (χ4n) is 1.15. The van der Waals surface area contributed by atoms with E-state index in [0.717, 1.165) is 18.8 Å². The molecule has 5 heteroatoms. The molecule has 3 N–H and O–H groups in total. The number of rotatable bonds is 5. The number of benzene rings is 1. The van der Waals surface area contributed by atoms with Crippen LogP contribution >= 0.6 is 11.6 Å². The molecule has 0 aliphatic carbocycles. The van der Waals surface area contributed by atoms with Crippen molar-refractivity contribution in [3.05, 3.63) is 29.3 Å². The van der Waals surface area contributed by atoms with Crippen molar-refractivity contribution < 1.29 is 4.79 Å². The summed E-state index contributed by atoms with van der Waals surface area (Å²) >= 11 is 5.73. The van der Waals surface area contributed by atoms with Gasteiger partial charge in [-0.3, -0.25) is 0 Å². The van der Waals surface area contributed by atoms with Crippen LogP contribution in [0.4, 0.5) is 10.5 Å². The number of urea groups is 1. The maximum atomic E-state index is 11.4. The number of hydrogen-bond donors (Lipinski definition) is 3. The summed E-state index contributed by atoms with van der Waals surface area (Å²) in [5.41, 5.74) is 0.727. The van der Waals surface area contributed by atoms with E-state index < -0.39 is 0 Å². The largest absolute Gasteiger partial charge is 0.337 e. The molecule has 16 heavy (non-hydrogen) atoms. The minimum Gasteiger partial charge on any atom is -0.337 e. The van der Waals surface area contributed by atoms with Crippen molar-refractivity contribution >= 4 is 23.3 Å². The molecule has 4 nitrogen and oxygen atoms in total. The summed E-state index contributed by atoms with van der Waals surface area (Å²) < 4.78 is 0. The Kier molecular flexibility index (Phi) is 5.67. The standard InChI is InChI=1S/C11H16ClN3O/c1-2-13-7-8-14-11(16)15-10-5-3-9(12)4-6-10/h3-6,13H,2,7-8H2,1H3,(H2,14,15,16). The average molecular weight is 242 g/mol. The normalized spacial score (nSPS) is 9.88. The van der Waals surface area contributed by atoms with Crippen LogP contribution in [0.25, 0.3) is 0 Å². The molecule has 0 unspecified atom stereocenters. The minimum atomic E-state index is -0.208. The van der Waals surface area contributed by atoms with E-state index in [1.54, 1.807) is 24.3 Å². The molecule has 1 rings (SSSR count). The van der Waals surface area contributed by atoms with Crippen LogP contribution in [0.1, 0.15) is 6.92 Å². The Bertz CT molecular complexity index is 327. The van der Waals surface area contributed by atoms with E-state index in [1.165, 1.54) is 0 Å². The zero-order valence-electron chi connectivity index (χ0n) is 9.22. The van der Waals surface area contributed by atoms with Gasteiger partial charge < -0.3 is 16.0 Å². The summed E-state index contributed by atoms with van der Waals surface area (Å²) in [6, 6.07) is 6.77. The van der Waals surface area contributed by atoms with Crippen LogP contribution < -0.4 is 16.0 Å². The molecular weight excluding hydrogens is 226 g/mol. The fraction of sp³-hybridized carbons (Fsp3) is 0.364. The van der Waals surface area contributed by atoms with Gasteiger partial charge in [-0.05, 0) is 30.8 Å². The van der Waals surface area contributed by atoms with Gasteiger partial charge in [0.05, 0.1) is 0 Å². The van der Waals surface area contributed by atoms with E-state index in [0.29, 0.717) is 11.6 Å². The van der Waals surface area contributed by atoms with Crippen LogP contribution in [0.15, 0.2) is 24.3 Å². The highest BCUT2D eigenvalue weighted by Crippen LogP contribution is 2.12. The molecule has 0 heterocycles. The molecular formula is C11H16ClN3O. The molecule has 0 saturated heterocycles. The van der Waals surface area contributed by atoms with Crippen LogP contribution in [0.2, 0.25) is 5.02 Å². The third-order valence-electron chi connectivity index (χ3n) is 1.94. The minimum absolute atomic E-state index is 0.208. The van der Waals surface area contributed by atoms with Crippen molar-refractivity contribution in [2.24, 2.45) is 0 Å². The van der Waals surface area contributed by atoms with Crippen molar-refractivity contribution in [1.82, 2.24) is 10.6 Å². The van der Waals surface area contributed by atoms with Gasteiger partial charge in [-0.2, -0.15) is 0 Å². The Morgan fingerprint density at radius 3 is 2.56 bits per heavy atom. The lowest BCUT2D eigenvalue weighted by molar-refractivity contribution is 0.252. The lowest BCUT2D eigenvalue weighted by atomic mass is 10.3. The zero-order chi connectivity index (χ0) is 11.8. The number of carbonyl (C=O) groups is 1. The van der Waals surface area contributed by atoms with Crippen LogP contribution in [-0.2, 0) is 0 Å². The molecule has 0 atom stereocenters. The number of amides is 2. The van der Waals surface area contributed by atoms with Gasteiger partial charge >= 0.3 is 6.03 Å². The monoisotopic (exact) mass is 241 g/mol. The van der Waals surface area contributed by atoms with Gasteiger partial charge in [0.1, 0.15) is 0 Å². The highest BCUT2D eigenvalue weighted by atomic mass is 35.5. The third-order valence-corrected chi connectivity index (χ3v) is 2.19. The Labute approximate surface area is 100 Å². The average Bonchev–Trinajstić information content (AvgIpc) is 2.28. The topological polar surface area (TPSA) is 53.2 Å². The Balaban J connectivity index is 2.26. The molecule has 0 aliphatic heterocycles. The van der Waals surface area contributed by atoms with Gasteiger partial charge in [0.15, 0.2) is 0 Å². The van der Waals surface area contributed by atoms with Crippen LogP contribution in [0, 0.1) is 0 Å². The second kappa shape index (κ2) is 7.09. The first-order chi connectivity index (χ1) is 7.72. The molecule has 0 aromatic heterocycles. The van der Waals surface area contributed by atoms with Crippen molar-refractivity contribution in [2.75, 3.05) is 25.0 Å². The summed E-state index contributed by atoms with van der Waals surface area (Å²) in [5.74, 6) is 0. The maximum absolute atomic E-state index is 11.4. The van der Waals surface area contributed by atoms with E-state index in [2.05, 4.69) is 16.0 Å². The van der Waals surface area contributed by atoms with Crippen molar-refractivity contribution in [2.45, 2.75) is 6.92 Å². The van der Waals surface area contributed by atoms with E-state index in [4.69, 9.17) is 11.6 Å². The van der Waals surface area contributed by atoms with E-state index >= 15 is 0 Å². The highest BCUT2D eigenvalue weighted by molar-refractivity contribution is 6.30. The fourth-order valence-corrected chi connectivity index (χ4v) is 1.28. The highest BCUT2D eigenvalue weighted by Gasteiger charge is 1.99. The van der Waals surface area contributed by atoms with Gasteiger partial charge in [-0.1, -0.05) is 18.5 Å². The van der Waals surface area contributed by atoms with E-state index in [-0.39, 0.29) is 6.03 Å². The molecule has 1 aromatic carbocycles. The molecule has 0 fully saturated rings. The van der Waals surface area contributed by atoms with Crippen LogP contribution in [0.3, 0.4) is 0 Å². The van der Waals surface area contributed by atoms with E-state index in [9.17, 15) is 4.79 Å². The molecule has 0 aliphatic rings. The predicted octanol–water partition coefficient (Wildman–Crippen LogP) is 2.07. The number of carbonyl (C=O) groups excluding carboxylic acids is 1. The third kappa shape index (κ3) is 5.00. The summed E-state index contributed by atoms with van der Waals surface area (Å²) in [7, 11) is 0. The quantitative estimate of drug-likeness (QED) is 0.692. The summed E-state index contributed by atoms with van der Waals surface area (Å²) in [4.78, 5) is 11.4. The van der Waals surface area contributed by atoms with Gasteiger partial charge in [-0.15, -0.1) is 0 Å². The molecule has 2 amide bonds. The van der Waals surface area contributed by atoms with Crippen LogP contribution in [0.5, 0.6) is 0 Å². The summed E-state index contributed by atoms with van der Waals surface area (Å²) in [6.45, 7) is 4.30. The number of nitrogens with one attached hydrogen (secondary N) is 3. The van der Waals surface area contributed by atoms with Crippen molar-refractivity contribution in [1.29, 1.82) is 0 Å². The zero-order valence-corrected chi connectivity index (χ0v) is 9.97. The second-order valence-electron chi connectivity index (χ2n) is 3.24. The molecule has 0 bridgehead atoms. The summed E-state index contributed by atoms with van der Waals surface area (Å²) in [5, 5.41) is 9.21. The molecule has 0 spiro atoms. The lowest BCUT2D eigenvalue weighted by Crippen LogP contribution is -2.34. The maximum Gasteiger partial charge on any atom is 0.319 e. The lowest BCUT2D eigenvalue weighted by Gasteiger charge is -2.07. The number of halogens is 1. The number of hydrogen-bond acceptors (Lipinski definition) is 2. The van der Waals surface area contributed by atoms with Gasteiger partial charge in [0.25, 0.3) is 0 Å². The second-order valence-corrected chi connectivity index (χ2v) is 3.68. The Hall–Kier alpha value is -1.26. The Morgan fingerprint density at radius 1 is 1.25 bits per heavy atom. The van der Waals surface area contributed by atoms with E-state index in [1.807, 2.05) is 6.92 Å². The van der Waals surface area contributed by atoms with Gasteiger partial charge in [0.2, 0.25) is 0 Å². The van der Waals surface area contributed by atoms with Crippen LogP contribution in [-0.4, -0.2) is 25.7 Å². The number of anilines is 1. The summed E-state index contributed by atoms with van der Waals surface area (Å²) in [6.07, 6.45) is 0. The molecule has 88 valence electrons. The predicted molar refractivity (Wildman–Crippen MR) is 67.0 cm³/mol. The van der Waals surface area contributed by atoms with Crippen molar-refractivity contribution in [3.63, 3.8) is 0 Å². The van der Waals surface area contributed by atoms with Gasteiger partial charge in [-0.25, -0.2) is 4.79 Å². The first-order valence-electron chi connectivity index (χ1n) is 5.23. The molecule has 0 radical (unpaired) electrons. The SMILES string of the molecule is CCNCCNC(=O)Nc1ccc(Cl)cc1. The first-order valence-corrected chi connectivity index (χ1v) is 5.61. The Morgan fingerprint density at radius 2 is 1.94 bits per heavy atom. The molecule has 1 aromatic rings. The van der Waals surface area contributed by atoms with Crippen molar-refractivity contribution in [3.8, 4) is 0 Å². The number of likely N-dealkylation sites (N-methyl/N-ethyl adjacent to an activating group) is 1. The molecule has 0 saturated carbocycles. The first kappa shape index (κ1) is 12.8.